The predicted octanol–water partition coefficient (Wildman–Crippen LogP) is 3.54. The molecular formula is C21H24F2N4O3S2. The molecule has 1 N–H and O–H groups in total. The minimum Gasteiger partial charge on any atom is -0.341 e. The van der Waals surface area contributed by atoms with Crippen molar-refractivity contribution in [2.24, 2.45) is 5.92 Å². The summed E-state index contributed by atoms with van der Waals surface area (Å²) in [6.07, 6.45) is 2.42. The number of thiophene rings is 1. The number of nitrogens with one attached hydrogen (secondary N) is 1. The monoisotopic (exact) mass is 482 g/mol. The zero-order valence-electron chi connectivity index (χ0n) is 17.7. The zero-order valence-corrected chi connectivity index (χ0v) is 19.3. The summed E-state index contributed by atoms with van der Waals surface area (Å²) in [5.74, 6) is -2.25. The lowest BCUT2D eigenvalue weighted by Crippen LogP contribution is -2.48. The van der Waals surface area contributed by atoms with Gasteiger partial charge in [0.2, 0.25) is 15.9 Å². The van der Waals surface area contributed by atoms with E-state index in [1.807, 2.05) is 13.8 Å². The minimum atomic E-state index is -3.56. The molecule has 4 rings (SSSR count). The Bertz CT molecular complexity index is 1220. The number of carbonyl (C=O) groups is 1. The summed E-state index contributed by atoms with van der Waals surface area (Å²) in [5.41, 5.74) is 0.638. The first-order valence-electron chi connectivity index (χ1n) is 10.3. The number of aromatic nitrogens is 2. The van der Waals surface area contributed by atoms with Gasteiger partial charge in [-0.2, -0.15) is 0 Å². The molecule has 0 aliphatic carbocycles. The van der Waals surface area contributed by atoms with Crippen LogP contribution in [0.4, 0.5) is 8.78 Å². The minimum absolute atomic E-state index is 0.122. The molecule has 7 nitrogen and oxygen atoms in total. The first-order chi connectivity index (χ1) is 15.2. The molecule has 3 aromatic rings. The van der Waals surface area contributed by atoms with Crippen LogP contribution in [0.5, 0.6) is 0 Å². The number of benzene rings is 1. The Morgan fingerprint density at radius 1 is 1.22 bits per heavy atom. The molecule has 1 aliphatic heterocycles. The number of carbonyl (C=O) groups excluding carboxylic acids is 1. The van der Waals surface area contributed by atoms with Gasteiger partial charge in [0.05, 0.1) is 17.4 Å². The van der Waals surface area contributed by atoms with Crippen molar-refractivity contribution < 1.29 is 22.0 Å². The Morgan fingerprint density at radius 2 is 1.91 bits per heavy atom. The van der Waals surface area contributed by atoms with Crippen LogP contribution in [0.15, 0.2) is 40.2 Å². The number of piperidine rings is 1. The van der Waals surface area contributed by atoms with Crippen molar-refractivity contribution >= 4 is 38.3 Å². The maximum Gasteiger partial charge on any atom is 0.250 e. The van der Waals surface area contributed by atoms with Gasteiger partial charge in [0.25, 0.3) is 0 Å². The average Bonchev–Trinajstić information content (AvgIpc) is 3.40. The van der Waals surface area contributed by atoms with Gasteiger partial charge in [0.15, 0.2) is 11.6 Å². The molecule has 3 heterocycles. The lowest BCUT2D eigenvalue weighted by atomic mass is 9.99. The van der Waals surface area contributed by atoms with E-state index < -0.39 is 27.7 Å². The zero-order chi connectivity index (χ0) is 23.0. The fraction of sp³-hybridized carbons (Fsp3) is 0.429. The fourth-order valence-electron chi connectivity index (χ4n) is 4.07. The molecule has 0 saturated carbocycles. The molecule has 1 atom stereocenters. The van der Waals surface area contributed by atoms with Gasteiger partial charge < -0.3 is 9.47 Å². The number of likely N-dealkylation sites (tertiary alicyclic amines) is 1. The van der Waals surface area contributed by atoms with E-state index >= 15 is 0 Å². The van der Waals surface area contributed by atoms with Gasteiger partial charge in [-0.15, -0.1) is 11.3 Å². The summed E-state index contributed by atoms with van der Waals surface area (Å²) in [5, 5.41) is 1.71. The second kappa shape index (κ2) is 8.87. The fourth-order valence-corrected chi connectivity index (χ4v) is 6.38. The summed E-state index contributed by atoms with van der Waals surface area (Å²) in [6, 6.07) is 4.44. The van der Waals surface area contributed by atoms with Gasteiger partial charge in [-0.1, -0.05) is 19.9 Å². The molecule has 1 aromatic carbocycles. The second-order valence-corrected chi connectivity index (χ2v) is 11.1. The predicted molar refractivity (Wildman–Crippen MR) is 118 cm³/mol. The van der Waals surface area contributed by atoms with Gasteiger partial charge in [0, 0.05) is 31.3 Å². The number of nitrogens with zero attached hydrogens (tertiary/aromatic N) is 3. The molecule has 0 spiro atoms. The molecule has 1 amide bonds. The lowest BCUT2D eigenvalue weighted by molar-refractivity contribution is -0.137. The topological polar surface area (TPSA) is 84.3 Å². The Morgan fingerprint density at radius 3 is 2.53 bits per heavy atom. The van der Waals surface area contributed by atoms with E-state index in [0.29, 0.717) is 31.4 Å². The maximum absolute atomic E-state index is 13.8. The molecule has 1 unspecified atom stereocenters. The van der Waals surface area contributed by atoms with Crippen molar-refractivity contribution in [3.05, 3.63) is 47.6 Å². The molecule has 2 aromatic heterocycles. The number of rotatable bonds is 6. The van der Waals surface area contributed by atoms with Crippen LogP contribution >= 0.6 is 11.3 Å². The van der Waals surface area contributed by atoms with Crippen LogP contribution in [0, 0.1) is 17.6 Å². The highest BCUT2D eigenvalue weighted by Crippen LogP contribution is 2.28. The molecule has 0 bridgehead atoms. The van der Waals surface area contributed by atoms with Crippen LogP contribution in [-0.4, -0.2) is 47.9 Å². The second-order valence-electron chi connectivity index (χ2n) is 8.25. The van der Waals surface area contributed by atoms with E-state index in [2.05, 4.69) is 9.71 Å². The number of sulfonamides is 1. The average molecular weight is 483 g/mol. The lowest BCUT2D eigenvalue weighted by Gasteiger charge is -2.35. The number of imidazole rings is 1. The molecule has 172 valence electrons. The SMILES string of the molecule is CC(C)C(C(=O)N1CCC(NS(=O)(=O)c2cccs2)CC1)n1cnc2cc(F)c(F)cc21. The van der Waals surface area contributed by atoms with Gasteiger partial charge in [0.1, 0.15) is 10.3 Å². The van der Waals surface area contributed by atoms with Crippen molar-refractivity contribution in [2.45, 2.75) is 43.0 Å². The summed E-state index contributed by atoms with van der Waals surface area (Å²) >= 11 is 1.16. The molecule has 11 heteroatoms. The van der Waals surface area contributed by atoms with Gasteiger partial charge >= 0.3 is 0 Å². The number of halogens is 2. The maximum atomic E-state index is 13.8. The van der Waals surface area contributed by atoms with Gasteiger partial charge in [-0.05, 0) is 30.2 Å². The molecule has 1 saturated heterocycles. The van der Waals surface area contributed by atoms with E-state index in [0.717, 1.165) is 23.5 Å². The highest BCUT2D eigenvalue weighted by atomic mass is 32.2. The highest BCUT2D eigenvalue weighted by molar-refractivity contribution is 7.91. The van der Waals surface area contributed by atoms with Gasteiger partial charge in [-0.3, -0.25) is 4.79 Å². The van der Waals surface area contributed by atoms with E-state index in [4.69, 9.17) is 0 Å². The first-order valence-corrected chi connectivity index (χ1v) is 12.7. The molecule has 32 heavy (non-hydrogen) atoms. The van der Waals surface area contributed by atoms with Crippen LogP contribution in [0.3, 0.4) is 0 Å². The number of fused-ring (bicyclic) bond motifs is 1. The van der Waals surface area contributed by atoms with Crippen molar-refractivity contribution in [3.63, 3.8) is 0 Å². The standard InChI is InChI=1S/C21H24F2N4O3S2/c1-13(2)20(27-12-24-17-10-15(22)16(23)11-18(17)27)21(28)26-7-5-14(6-8-26)25-32(29,30)19-4-3-9-31-19/h3-4,9-14,20,25H,5-8H2,1-2H3. The smallest absolute Gasteiger partial charge is 0.250 e. The van der Waals surface area contributed by atoms with E-state index in [1.54, 1.807) is 27.0 Å². The van der Waals surface area contributed by atoms with E-state index in [1.165, 1.54) is 6.33 Å². The number of hydrogen-bond acceptors (Lipinski definition) is 5. The molecule has 0 radical (unpaired) electrons. The highest BCUT2D eigenvalue weighted by Gasteiger charge is 2.33. The summed E-state index contributed by atoms with van der Waals surface area (Å²) in [6.45, 7) is 4.57. The quantitative estimate of drug-likeness (QED) is 0.583. The summed E-state index contributed by atoms with van der Waals surface area (Å²) in [4.78, 5) is 19.2. The molecule has 1 aliphatic rings. The van der Waals surface area contributed by atoms with Crippen molar-refractivity contribution in [3.8, 4) is 0 Å². The van der Waals surface area contributed by atoms with E-state index in [9.17, 15) is 22.0 Å². The molecular weight excluding hydrogens is 458 g/mol. The molecule has 1 fully saturated rings. The van der Waals surface area contributed by atoms with Crippen LogP contribution in [0.2, 0.25) is 0 Å². The van der Waals surface area contributed by atoms with Crippen LogP contribution in [0.25, 0.3) is 11.0 Å². The first kappa shape index (κ1) is 22.8. The van der Waals surface area contributed by atoms with Crippen molar-refractivity contribution in [1.29, 1.82) is 0 Å². The normalized spacial score (nSPS) is 16.7. The Balaban J connectivity index is 1.48. The van der Waals surface area contributed by atoms with Crippen LogP contribution in [0.1, 0.15) is 32.7 Å². The Labute approximate surface area is 189 Å². The third kappa shape index (κ3) is 4.41. The Hall–Kier alpha value is -2.37. The van der Waals surface area contributed by atoms with Crippen molar-refractivity contribution in [2.75, 3.05) is 13.1 Å². The number of hydrogen-bond donors (Lipinski definition) is 1. The van der Waals surface area contributed by atoms with E-state index in [-0.39, 0.29) is 27.6 Å². The summed E-state index contributed by atoms with van der Waals surface area (Å²) in [7, 11) is -3.56. The largest absolute Gasteiger partial charge is 0.341 e. The number of amides is 1. The third-order valence-electron chi connectivity index (χ3n) is 5.69. The Kier molecular flexibility index (Phi) is 6.33. The third-order valence-corrected chi connectivity index (χ3v) is 8.61. The summed E-state index contributed by atoms with van der Waals surface area (Å²) < 4.78 is 56.9. The van der Waals surface area contributed by atoms with Gasteiger partial charge in [-0.25, -0.2) is 26.9 Å². The van der Waals surface area contributed by atoms with Crippen molar-refractivity contribution in [1.82, 2.24) is 19.2 Å². The van der Waals surface area contributed by atoms with Crippen LogP contribution in [-0.2, 0) is 14.8 Å². The van der Waals surface area contributed by atoms with Crippen LogP contribution < -0.4 is 4.72 Å².